The average molecular weight is 300 g/mol. The van der Waals surface area contributed by atoms with Gasteiger partial charge in [-0.05, 0) is 29.8 Å². The van der Waals surface area contributed by atoms with Crippen molar-refractivity contribution < 1.29 is 13.7 Å². The molecule has 3 rings (SSSR count). The van der Waals surface area contributed by atoms with Gasteiger partial charge in [0.15, 0.2) is 0 Å². The molecule has 0 radical (unpaired) electrons. The number of hydrogen-bond acceptors (Lipinski definition) is 3. The summed E-state index contributed by atoms with van der Waals surface area (Å²) in [4.78, 5) is 0.759. The smallest absolute Gasteiger partial charge is 0.143 e. The van der Waals surface area contributed by atoms with Gasteiger partial charge in [0.05, 0.1) is 28.6 Å². The van der Waals surface area contributed by atoms with Crippen LogP contribution in [-0.2, 0) is 15.5 Å². The lowest BCUT2D eigenvalue weighted by molar-refractivity contribution is 0.299. The number of ether oxygens (including phenoxy) is 2. The fourth-order valence-corrected chi connectivity index (χ4v) is 3.52. The lowest BCUT2D eigenvalue weighted by Gasteiger charge is -2.21. The molecule has 2 aromatic rings. The molecule has 0 spiro atoms. The van der Waals surface area contributed by atoms with Crippen molar-refractivity contribution in [2.75, 3.05) is 19.5 Å². The molecule has 2 aromatic carbocycles. The van der Waals surface area contributed by atoms with E-state index in [1.165, 1.54) is 0 Å². The second kappa shape index (κ2) is 6.14. The van der Waals surface area contributed by atoms with E-state index in [0.717, 1.165) is 21.8 Å². The van der Waals surface area contributed by atoms with Crippen LogP contribution in [0.25, 0.3) is 10.7 Å². The zero-order valence-electron chi connectivity index (χ0n) is 11.7. The zero-order valence-corrected chi connectivity index (χ0v) is 12.6. The Hall–Kier alpha value is -2.07. The highest BCUT2D eigenvalue weighted by atomic mass is 32.2. The quantitative estimate of drug-likeness (QED) is 0.872. The molecule has 0 bridgehead atoms. The van der Waals surface area contributed by atoms with Crippen molar-refractivity contribution in [1.82, 2.24) is 0 Å². The fraction of sp³-hybridized carbons (Fsp3) is 0.176. The van der Waals surface area contributed by atoms with E-state index < -0.39 is 10.8 Å². The van der Waals surface area contributed by atoms with E-state index in [1.54, 1.807) is 7.11 Å². The standard InChI is InChI=1S/C17H16O3S/c1-19-15-9-7-14(8-10-15)17-16(20-11-12-21(17)18)13-5-3-2-4-6-13/h2-10H,11-12H2,1H3. The number of hydrogen-bond donors (Lipinski definition) is 0. The summed E-state index contributed by atoms with van der Waals surface area (Å²) in [7, 11) is 0.576. The van der Waals surface area contributed by atoms with Crippen molar-refractivity contribution in [2.24, 2.45) is 0 Å². The lowest BCUT2D eigenvalue weighted by Crippen LogP contribution is -2.15. The first-order chi connectivity index (χ1) is 10.3. The third kappa shape index (κ3) is 2.85. The average Bonchev–Trinajstić information content (AvgIpc) is 2.55. The van der Waals surface area contributed by atoms with Crippen LogP contribution < -0.4 is 4.74 Å². The predicted molar refractivity (Wildman–Crippen MR) is 85.2 cm³/mol. The Morgan fingerprint density at radius 2 is 1.71 bits per heavy atom. The topological polar surface area (TPSA) is 35.5 Å². The highest BCUT2D eigenvalue weighted by molar-refractivity contribution is 7.95. The summed E-state index contributed by atoms with van der Waals surface area (Å²) in [5, 5.41) is 0. The summed E-state index contributed by atoms with van der Waals surface area (Å²) in [5.41, 5.74) is 1.86. The molecule has 108 valence electrons. The van der Waals surface area contributed by atoms with Gasteiger partial charge in [0.25, 0.3) is 0 Å². The molecule has 0 saturated carbocycles. The van der Waals surface area contributed by atoms with Crippen LogP contribution in [0.3, 0.4) is 0 Å². The van der Waals surface area contributed by atoms with E-state index in [9.17, 15) is 4.21 Å². The van der Waals surface area contributed by atoms with Gasteiger partial charge in [-0.3, -0.25) is 4.21 Å². The number of methoxy groups -OCH3 is 1. The van der Waals surface area contributed by atoms with Gasteiger partial charge in [-0.2, -0.15) is 0 Å². The summed E-state index contributed by atoms with van der Waals surface area (Å²) >= 11 is 0. The summed E-state index contributed by atoms with van der Waals surface area (Å²) < 4.78 is 23.5. The van der Waals surface area contributed by atoms with E-state index in [4.69, 9.17) is 9.47 Å². The molecule has 1 heterocycles. The summed E-state index contributed by atoms with van der Waals surface area (Å²) in [5.74, 6) is 2.02. The van der Waals surface area contributed by atoms with Gasteiger partial charge < -0.3 is 9.47 Å². The first-order valence-corrected chi connectivity index (χ1v) is 8.07. The highest BCUT2D eigenvalue weighted by Crippen LogP contribution is 2.33. The monoisotopic (exact) mass is 300 g/mol. The fourth-order valence-electron chi connectivity index (χ4n) is 2.30. The molecule has 1 unspecified atom stereocenters. The van der Waals surface area contributed by atoms with Gasteiger partial charge in [0.2, 0.25) is 0 Å². The molecular weight excluding hydrogens is 284 g/mol. The van der Waals surface area contributed by atoms with Crippen LogP contribution in [0.15, 0.2) is 54.6 Å². The third-order valence-electron chi connectivity index (χ3n) is 3.34. The largest absolute Gasteiger partial charge is 0.497 e. The van der Waals surface area contributed by atoms with Gasteiger partial charge in [0, 0.05) is 5.56 Å². The van der Waals surface area contributed by atoms with E-state index in [0.29, 0.717) is 18.1 Å². The molecule has 4 heteroatoms. The van der Waals surface area contributed by atoms with E-state index in [2.05, 4.69) is 0 Å². The minimum absolute atomic E-state index is 0.483. The molecule has 0 amide bonds. The van der Waals surface area contributed by atoms with Crippen molar-refractivity contribution in [2.45, 2.75) is 0 Å². The molecule has 21 heavy (non-hydrogen) atoms. The molecule has 0 saturated heterocycles. The molecule has 0 aliphatic carbocycles. The molecule has 1 aliphatic heterocycles. The molecule has 0 fully saturated rings. The Morgan fingerprint density at radius 3 is 2.38 bits per heavy atom. The molecule has 1 aliphatic rings. The Bertz CT molecular complexity index is 675. The maximum atomic E-state index is 12.5. The second-order valence-corrected chi connectivity index (χ2v) is 6.16. The first-order valence-electron chi connectivity index (χ1n) is 6.75. The molecular formula is C17H16O3S. The minimum Gasteiger partial charge on any atom is -0.497 e. The van der Waals surface area contributed by atoms with Gasteiger partial charge in [0.1, 0.15) is 18.1 Å². The third-order valence-corrected chi connectivity index (χ3v) is 4.75. The van der Waals surface area contributed by atoms with Gasteiger partial charge in [-0.1, -0.05) is 30.3 Å². The van der Waals surface area contributed by atoms with Crippen molar-refractivity contribution in [3.05, 3.63) is 65.7 Å². The van der Waals surface area contributed by atoms with Crippen LogP contribution in [0.1, 0.15) is 11.1 Å². The van der Waals surface area contributed by atoms with E-state index in [1.807, 2.05) is 54.6 Å². The van der Waals surface area contributed by atoms with Crippen LogP contribution in [-0.4, -0.2) is 23.7 Å². The maximum absolute atomic E-state index is 12.5. The van der Waals surface area contributed by atoms with Crippen LogP contribution in [0.2, 0.25) is 0 Å². The second-order valence-electron chi connectivity index (χ2n) is 4.65. The summed E-state index contributed by atoms with van der Waals surface area (Å²) in [6.07, 6.45) is 0. The van der Waals surface area contributed by atoms with Crippen LogP contribution in [0.4, 0.5) is 0 Å². The van der Waals surface area contributed by atoms with Crippen molar-refractivity contribution >= 4 is 21.5 Å². The van der Waals surface area contributed by atoms with Gasteiger partial charge in [-0.15, -0.1) is 0 Å². The zero-order chi connectivity index (χ0) is 14.7. The van der Waals surface area contributed by atoms with Crippen molar-refractivity contribution in [3.8, 4) is 5.75 Å². The van der Waals surface area contributed by atoms with Crippen molar-refractivity contribution in [3.63, 3.8) is 0 Å². The molecule has 0 aromatic heterocycles. The Kier molecular flexibility index (Phi) is 4.06. The molecule has 0 N–H and O–H groups in total. The van der Waals surface area contributed by atoms with Crippen molar-refractivity contribution in [1.29, 1.82) is 0 Å². The van der Waals surface area contributed by atoms with Crippen LogP contribution in [0, 0.1) is 0 Å². The maximum Gasteiger partial charge on any atom is 0.143 e. The van der Waals surface area contributed by atoms with E-state index >= 15 is 0 Å². The Balaban J connectivity index is 2.12. The molecule has 3 nitrogen and oxygen atoms in total. The van der Waals surface area contributed by atoms with Crippen LogP contribution >= 0.6 is 0 Å². The lowest BCUT2D eigenvalue weighted by atomic mass is 10.1. The van der Waals surface area contributed by atoms with Gasteiger partial charge >= 0.3 is 0 Å². The Labute approximate surface area is 126 Å². The van der Waals surface area contributed by atoms with E-state index in [-0.39, 0.29) is 0 Å². The molecule has 1 atom stereocenters. The van der Waals surface area contributed by atoms with Gasteiger partial charge in [-0.25, -0.2) is 0 Å². The predicted octanol–water partition coefficient (Wildman–Crippen LogP) is 3.30. The Morgan fingerprint density at radius 1 is 1.00 bits per heavy atom. The SMILES string of the molecule is COc1ccc(C2=C(c3ccccc3)OCCS2=O)cc1. The highest BCUT2D eigenvalue weighted by Gasteiger charge is 2.23. The first kappa shape index (κ1) is 13.9. The normalized spacial score (nSPS) is 18.2. The number of rotatable bonds is 3. The minimum atomic E-state index is -1.05. The number of benzene rings is 2. The summed E-state index contributed by atoms with van der Waals surface area (Å²) in [6, 6.07) is 17.4. The summed E-state index contributed by atoms with van der Waals surface area (Å²) in [6.45, 7) is 0.483. The van der Waals surface area contributed by atoms with Crippen LogP contribution in [0.5, 0.6) is 5.75 Å².